The van der Waals surface area contributed by atoms with Crippen molar-refractivity contribution in [2.45, 2.75) is 70.0 Å². The number of fused-ring (bicyclic) bond motifs is 3. The van der Waals surface area contributed by atoms with Crippen LogP contribution in [-0.2, 0) is 34.4 Å². The van der Waals surface area contributed by atoms with Crippen molar-refractivity contribution in [2.24, 2.45) is 0 Å². The molecule has 0 fully saturated rings. The molecule has 0 amide bonds. The number of allylic oxidation sites excluding steroid dienone is 2. The van der Waals surface area contributed by atoms with Crippen LogP contribution in [0.4, 0.5) is 11.4 Å². The van der Waals surface area contributed by atoms with Crippen molar-refractivity contribution < 1.29 is 32.2 Å². The smallest absolute Gasteiger partial charge is 0.326 e. The first kappa shape index (κ1) is 44.2. The van der Waals surface area contributed by atoms with E-state index in [9.17, 15) is 22.9 Å². The second-order valence-electron chi connectivity index (χ2n) is 16.0. The predicted molar refractivity (Wildman–Crippen MR) is 256 cm³/mol. The fourth-order valence-corrected chi connectivity index (χ4v) is 11.0. The molecule has 63 heavy (non-hydrogen) atoms. The Balaban J connectivity index is 0.932. The quantitative estimate of drug-likeness (QED) is 0.0333. The second kappa shape index (κ2) is 19.9. The van der Waals surface area contributed by atoms with Gasteiger partial charge in [-0.15, -0.1) is 0 Å². The highest BCUT2D eigenvalue weighted by Crippen LogP contribution is 2.47. The lowest BCUT2D eigenvalue weighted by atomic mass is 9.93. The van der Waals surface area contributed by atoms with E-state index in [4.69, 9.17) is 4.74 Å². The largest absolute Gasteiger partial charge is 0.480 e. The van der Waals surface area contributed by atoms with Gasteiger partial charge in [0.15, 0.2) is 6.54 Å². The molecule has 5 aromatic carbocycles. The maximum Gasteiger partial charge on any atom is 0.326 e. The van der Waals surface area contributed by atoms with Gasteiger partial charge in [-0.05, 0) is 103 Å². The molecule has 0 radical (unpaired) electrons. The summed E-state index contributed by atoms with van der Waals surface area (Å²) in [6.45, 7) is 7.25. The molecule has 0 spiro atoms. The lowest BCUT2D eigenvalue weighted by Crippen LogP contribution is -2.45. The van der Waals surface area contributed by atoms with Gasteiger partial charge in [-0.2, -0.15) is 13.0 Å². The number of aryl methyl sites for hydroxylation is 2. The van der Waals surface area contributed by atoms with E-state index in [1.807, 2.05) is 65.6 Å². The molecular weight excluding hydrogens is 849 g/mol. The standard InChI is InChI=1S/C50H52N4O6S3/c1-3-36(29-49-53(25-12-26-63(57,58)59)44-30-39(20-22-47(44)62-49)37-13-5-4-6-14-37)28-48-52(43-27-35(2)19-21-46(43)61-48)24-10-9-23-51-34-60-42-18-11-17-41(32-42)54-33-40-16-8-7-15-38(40)31-45(54)50(55)56/h4-8,11,13-22,27-30,32,45,51H,3,9-10,12,23-26,31,33-34H2,1-2H3,(H-,55,56,57,58,59)/p+1. The number of nitrogens with one attached hydrogen (secondary N) is 1. The number of carbonyl (C=O) groups is 1. The molecule has 0 bridgehead atoms. The van der Waals surface area contributed by atoms with Crippen LogP contribution in [0.1, 0.15) is 54.3 Å². The minimum absolute atomic E-state index is 0.296. The van der Waals surface area contributed by atoms with Crippen LogP contribution in [0.3, 0.4) is 0 Å². The van der Waals surface area contributed by atoms with Gasteiger partial charge in [-0.3, -0.25) is 9.87 Å². The average Bonchev–Trinajstić information content (AvgIpc) is 3.80. The SMILES string of the molecule is CCC(/C=C1\Sc2ccc(C)cc2N1CCCCNCOc1cccc(N2Cc3ccccc3CC2C(=O)O)c1)=C\c1sc2ccc(-c3ccccc3)cc2[n+]1CCCS(=O)(=O)O. The number of unbranched alkanes of at least 4 members (excludes halogenated alkanes) is 1. The Morgan fingerprint density at radius 1 is 0.921 bits per heavy atom. The first-order valence-corrected chi connectivity index (χ1v) is 24.7. The van der Waals surface area contributed by atoms with E-state index in [0.29, 0.717) is 38.4 Å². The first-order chi connectivity index (χ1) is 30.5. The number of anilines is 2. The van der Waals surface area contributed by atoms with Gasteiger partial charge >= 0.3 is 5.97 Å². The van der Waals surface area contributed by atoms with E-state index in [2.05, 4.69) is 95.4 Å². The van der Waals surface area contributed by atoms with E-state index in [1.165, 1.54) is 21.2 Å². The van der Waals surface area contributed by atoms with Crippen LogP contribution in [-0.4, -0.2) is 55.7 Å². The number of rotatable bonds is 18. The van der Waals surface area contributed by atoms with Gasteiger partial charge in [0, 0.05) is 54.7 Å². The summed E-state index contributed by atoms with van der Waals surface area (Å²) in [5.74, 6) is -0.440. The van der Waals surface area contributed by atoms with Crippen molar-refractivity contribution >= 4 is 66.9 Å². The molecule has 326 valence electrons. The number of nitrogens with zero attached hydrogens (tertiary/aromatic N) is 3. The zero-order valence-electron chi connectivity index (χ0n) is 35.6. The zero-order chi connectivity index (χ0) is 43.9. The van der Waals surface area contributed by atoms with E-state index in [1.54, 1.807) is 23.1 Å². The molecule has 2 aliphatic rings. The Morgan fingerprint density at radius 2 is 1.73 bits per heavy atom. The lowest BCUT2D eigenvalue weighted by Gasteiger charge is -2.36. The Labute approximate surface area is 378 Å². The summed E-state index contributed by atoms with van der Waals surface area (Å²) in [6, 6.07) is 38.4. The van der Waals surface area contributed by atoms with Gasteiger partial charge in [0.1, 0.15) is 23.2 Å². The first-order valence-electron chi connectivity index (χ1n) is 21.5. The molecule has 1 atom stereocenters. The number of carboxylic acid groups (broad SMARTS) is 1. The number of carboxylic acids is 1. The number of thioether (sulfide) groups is 1. The molecule has 1 aromatic heterocycles. The Hall–Kier alpha value is -5.44. The van der Waals surface area contributed by atoms with Crippen LogP contribution in [0.15, 0.2) is 137 Å². The zero-order valence-corrected chi connectivity index (χ0v) is 38.0. The summed E-state index contributed by atoms with van der Waals surface area (Å²) in [6.07, 6.45) is 7.99. The normalized spacial score (nSPS) is 15.8. The van der Waals surface area contributed by atoms with Crippen molar-refractivity contribution in [2.75, 3.05) is 35.4 Å². The van der Waals surface area contributed by atoms with Gasteiger partial charge in [-0.25, -0.2) is 4.79 Å². The number of hydrogen-bond donors (Lipinski definition) is 3. The highest BCUT2D eigenvalue weighted by atomic mass is 32.2. The molecular formula is C50H53N4O6S3+. The molecule has 0 saturated carbocycles. The molecule has 0 saturated heterocycles. The second-order valence-corrected chi connectivity index (χ2v) is 19.7. The van der Waals surface area contributed by atoms with E-state index < -0.39 is 22.1 Å². The van der Waals surface area contributed by atoms with Crippen LogP contribution in [0.2, 0.25) is 0 Å². The molecule has 1 unspecified atom stereocenters. The van der Waals surface area contributed by atoms with Gasteiger partial charge in [0.25, 0.3) is 15.1 Å². The number of benzene rings is 5. The Kier molecular flexibility index (Phi) is 14.0. The van der Waals surface area contributed by atoms with Crippen LogP contribution in [0.5, 0.6) is 5.75 Å². The van der Waals surface area contributed by atoms with Gasteiger partial charge in [-0.1, -0.05) is 103 Å². The topological polar surface area (TPSA) is 123 Å². The fraction of sp³-hybridized carbons (Fsp3) is 0.280. The van der Waals surface area contributed by atoms with Crippen molar-refractivity contribution in [1.29, 1.82) is 0 Å². The van der Waals surface area contributed by atoms with Gasteiger partial charge in [0.2, 0.25) is 5.52 Å². The minimum atomic E-state index is -4.09. The number of aromatic nitrogens is 1. The van der Waals surface area contributed by atoms with Crippen LogP contribution < -0.4 is 24.4 Å². The van der Waals surface area contributed by atoms with Gasteiger partial charge < -0.3 is 19.6 Å². The summed E-state index contributed by atoms with van der Waals surface area (Å²) < 4.78 is 42.4. The third-order valence-corrected chi connectivity index (χ3v) is 14.6. The Bertz CT molecular complexity index is 2770. The van der Waals surface area contributed by atoms with Crippen molar-refractivity contribution in [3.63, 3.8) is 0 Å². The summed E-state index contributed by atoms with van der Waals surface area (Å²) >= 11 is 3.48. The summed E-state index contributed by atoms with van der Waals surface area (Å²) in [4.78, 5) is 17.9. The minimum Gasteiger partial charge on any atom is -0.480 e. The number of aliphatic carboxylic acids is 1. The van der Waals surface area contributed by atoms with Gasteiger partial charge in [0.05, 0.1) is 16.5 Å². The van der Waals surface area contributed by atoms with Crippen LogP contribution in [0, 0.1) is 6.92 Å². The van der Waals surface area contributed by atoms with Crippen LogP contribution >= 0.6 is 23.1 Å². The lowest BCUT2D eigenvalue weighted by molar-refractivity contribution is -0.668. The number of ether oxygens (including phenoxy) is 1. The maximum absolute atomic E-state index is 12.3. The summed E-state index contributed by atoms with van der Waals surface area (Å²) in [7, 11) is -4.09. The van der Waals surface area contributed by atoms with E-state index >= 15 is 0 Å². The van der Waals surface area contributed by atoms with Crippen LogP contribution in [0.25, 0.3) is 27.4 Å². The molecule has 0 aliphatic carbocycles. The number of thiazole rings is 1. The monoisotopic (exact) mass is 901 g/mol. The third-order valence-electron chi connectivity index (χ3n) is 11.5. The van der Waals surface area contributed by atoms with E-state index in [-0.39, 0.29) is 5.75 Å². The molecule has 10 nitrogen and oxygen atoms in total. The van der Waals surface area contributed by atoms with Crippen molar-refractivity contribution in [3.05, 3.63) is 154 Å². The molecule has 13 heteroatoms. The molecule has 3 N–H and O–H groups in total. The number of hydrogen-bond acceptors (Lipinski definition) is 9. The average molecular weight is 902 g/mol. The highest BCUT2D eigenvalue weighted by Gasteiger charge is 2.32. The molecule has 2 aliphatic heterocycles. The summed E-state index contributed by atoms with van der Waals surface area (Å²) in [5, 5.41) is 15.7. The third kappa shape index (κ3) is 10.9. The highest BCUT2D eigenvalue weighted by molar-refractivity contribution is 8.03. The van der Waals surface area contributed by atoms with Crippen molar-refractivity contribution in [3.8, 4) is 16.9 Å². The fourth-order valence-electron chi connectivity index (χ4n) is 8.26. The molecule has 6 aromatic rings. The molecule has 8 rings (SSSR count). The van der Waals surface area contributed by atoms with Crippen molar-refractivity contribution in [1.82, 2.24) is 5.32 Å². The van der Waals surface area contributed by atoms with E-state index in [0.717, 1.165) is 81.1 Å². The predicted octanol–water partition coefficient (Wildman–Crippen LogP) is 10.1. The summed E-state index contributed by atoms with van der Waals surface area (Å²) in [5.41, 5.74) is 9.89. The maximum atomic E-state index is 12.3. The Morgan fingerprint density at radius 3 is 2.52 bits per heavy atom. The molecule has 3 heterocycles.